The van der Waals surface area contributed by atoms with Gasteiger partial charge in [0.05, 0.1) is 22.5 Å². The number of nitrogens with zero attached hydrogens (tertiary/aromatic N) is 4. The molecule has 1 heterocycles. The van der Waals surface area contributed by atoms with Gasteiger partial charge in [-0.05, 0) is 48.4 Å². The smallest absolute Gasteiger partial charge is 0.143 e. The van der Waals surface area contributed by atoms with Crippen LogP contribution in [-0.2, 0) is 4.74 Å². The Hall–Kier alpha value is -1.66. The summed E-state index contributed by atoms with van der Waals surface area (Å²) in [5, 5.41) is 15.3. The minimum absolute atomic E-state index is 0.374. The zero-order valence-corrected chi connectivity index (χ0v) is 11.9. The Kier molecular flexibility index (Phi) is 3.84. The van der Waals surface area contributed by atoms with Crippen LogP contribution in [0.5, 0.6) is 0 Å². The SMILES string of the molecule is CCOC1CC(Nc2cc(-n3cnnn3)ccc2Cl)C1. The standard InChI is InChI=1S/C13H16ClN5O/c1-2-20-11-5-9(6-11)16-13-7-10(3-4-12(13)14)19-8-15-17-18-19/h3-4,7-9,11,16H,2,5-6H2,1H3. The van der Waals surface area contributed by atoms with Crippen molar-refractivity contribution < 1.29 is 4.74 Å². The van der Waals surface area contributed by atoms with Crippen LogP contribution in [-0.4, -0.2) is 39.0 Å². The molecule has 1 aliphatic carbocycles. The van der Waals surface area contributed by atoms with Crippen LogP contribution in [0.4, 0.5) is 5.69 Å². The largest absolute Gasteiger partial charge is 0.381 e. The number of tetrazole rings is 1. The number of aromatic nitrogens is 4. The number of hydrogen-bond donors (Lipinski definition) is 1. The second kappa shape index (κ2) is 5.76. The molecule has 106 valence electrons. The highest BCUT2D eigenvalue weighted by molar-refractivity contribution is 6.33. The third-order valence-corrected chi connectivity index (χ3v) is 3.75. The summed E-state index contributed by atoms with van der Waals surface area (Å²) in [5.41, 5.74) is 1.78. The Balaban J connectivity index is 1.69. The van der Waals surface area contributed by atoms with Crippen molar-refractivity contribution in [3.63, 3.8) is 0 Å². The molecule has 1 N–H and O–H groups in total. The van der Waals surface area contributed by atoms with Crippen molar-refractivity contribution >= 4 is 17.3 Å². The van der Waals surface area contributed by atoms with Crippen LogP contribution in [0.25, 0.3) is 5.69 Å². The van der Waals surface area contributed by atoms with Gasteiger partial charge in [-0.2, -0.15) is 0 Å². The summed E-state index contributed by atoms with van der Waals surface area (Å²) in [6.45, 7) is 2.79. The molecular formula is C13H16ClN5O. The molecule has 0 saturated heterocycles. The molecule has 1 fully saturated rings. The molecule has 2 aromatic rings. The molecule has 3 rings (SSSR count). The second-order valence-electron chi connectivity index (χ2n) is 4.81. The molecule has 6 nitrogen and oxygen atoms in total. The van der Waals surface area contributed by atoms with Gasteiger partial charge < -0.3 is 10.1 Å². The normalized spacial score (nSPS) is 21.5. The fourth-order valence-corrected chi connectivity index (χ4v) is 2.49. The number of rotatable bonds is 5. The Morgan fingerprint density at radius 3 is 3.00 bits per heavy atom. The van der Waals surface area contributed by atoms with Crippen LogP contribution in [0, 0.1) is 0 Å². The number of hydrogen-bond acceptors (Lipinski definition) is 5. The number of benzene rings is 1. The first-order chi connectivity index (χ1) is 9.76. The maximum Gasteiger partial charge on any atom is 0.143 e. The van der Waals surface area contributed by atoms with Crippen molar-refractivity contribution in [1.82, 2.24) is 20.2 Å². The lowest BCUT2D eigenvalue weighted by Crippen LogP contribution is -2.40. The summed E-state index contributed by atoms with van der Waals surface area (Å²) in [6.07, 6.45) is 3.96. The van der Waals surface area contributed by atoms with Gasteiger partial charge in [-0.15, -0.1) is 5.10 Å². The molecule has 0 bridgehead atoms. The Labute approximate surface area is 122 Å². The number of nitrogens with one attached hydrogen (secondary N) is 1. The van der Waals surface area contributed by atoms with Crippen molar-refractivity contribution in [3.8, 4) is 5.69 Å². The molecule has 1 aromatic carbocycles. The van der Waals surface area contributed by atoms with Crippen molar-refractivity contribution in [3.05, 3.63) is 29.5 Å². The van der Waals surface area contributed by atoms with E-state index in [0.717, 1.165) is 30.8 Å². The van der Waals surface area contributed by atoms with Gasteiger partial charge in [-0.3, -0.25) is 0 Å². The lowest BCUT2D eigenvalue weighted by atomic mass is 9.89. The van der Waals surface area contributed by atoms with E-state index in [9.17, 15) is 0 Å². The Morgan fingerprint density at radius 1 is 1.45 bits per heavy atom. The number of halogens is 1. The van der Waals surface area contributed by atoms with Crippen LogP contribution in [0.1, 0.15) is 19.8 Å². The van der Waals surface area contributed by atoms with Gasteiger partial charge in [0.15, 0.2) is 0 Å². The van der Waals surface area contributed by atoms with Gasteiger partial charge in [-0.25, -0.2) is 4.68 Å². The maximum atomic E-state index is 6.23. The molecule has 1 saturated carbocycles. The molecule has 0 atom stereocenters. The molecule has 1 aliphatic rings. The van der Waals surface area contributed by atoms with Crippen LogP contribution in [0.3, 0.4) is 0 Å². The quantitative estimate of drug-likeness (QED) is 0.916. The molecule has 0 amide bonds. The van der Waals surface area contributed by atoms with E-state index in [1.165, 1.54) is 0 Å². The number of ether oxygens (including phenoxy) is 1. The van der Waals surface area contributed by atoms with Crippen molar-refractivity contribution in [2.45, 2.75) is 31.9 Å². The molecule has 0 unspecified atom stereocenters. The first-order valence-electron chi connectivity index (χ1n) is 6.67. The average Bonchev–Trinajstić information content (AvgIpc) is 2.92. The van der Waals surface area contributed by atoms with Gasteiger partial charge in [0.2, 0.25) is 0 Å². The van der Waals surface area contributed by atoms with E-state index in [-0.39, 0.29) is 0 Å². The van der Waals surface area contributed by atoms with E-state index in [4.69, 9.17) is 16.3 Å². The van der Waals surface area contributed by atoms with E-state index in [0.29, 0.717) is 17.2 Å². The summed E-state index contributed by atoms with van der Waals surface area (Å²) in [5.74, 6) is 0. The molecule has 0 aliphatic heterocycles. The molecule has 20 heavy (non-hydrogen) atoms. The Bertz CT molecular complexity index is 568. The minimum Gasteiger partial charge on any atom is -0.381 e. The lowest BCUT2D eigenvalue weighted by molar-refractivity contribution is 0.00299. The lowest BCUT2D eigenvalue weighted by Gasteiger charge is -2.36. The zero-order chi connectivity index (χ0) is 13.9. The maximum absolute atomic E-state index is 6.23. The average molecular weight is 294 g/mol. The third kappa shape index (κ3) is 2.76. The summed E-state index contributed by atoms with van der Waals surface area (Å²) in [6, 6.07) is 6.09. The van der Waals surface area contributed by atoms with Crippen molar-refractivity contribution in [2.24, 2.45) is 0 Å². The molecule has 1 aromatic heterocycles. The van der Waals surface area contributed by atoms with Crippen molar-refractivity contribution in [2.75, 3.05) is 11.9 Å². The minimum atomic E-state index is 0.374. The van der Waals surface area contributed by atoms with E-state index in [1.807, 2.05) is 25.1 Å². The highest BCUT2D eigenvalue weighted by Crippen LogP contribution is 2.31. The highest BCUT2D eigenvalue weighted by Gasteiger charge is 2.29. The molecule has 0 radical (unpaired) electrons. The fraction of sp³-hybridized carbons (Fsp3) is 0.462. The molecule has 0 spiro atoms. The summed E-state index contributed by atoms with van der Waals surface area (Å²) >= 11 is 6.23. The molecular weight excluding hydrogens is 278 g/mol. The van der Waals surface area contributed by atoms with Crippen LogP contribution >= 0.6 is 11.6 Å². The highest BCUT2D eigenvalue weighted by atomic mass is 35.5. The van der Waals surface area contributed by atoms with E-state index < -0.39 is 0 Å². The van der Waals surface area contributed by atoms with E-state index in [2.05, 4.69) is 20.8 Å². The summed E-state index contributed by atoms with van der Waals surface area (Å²) < 4.78 is 7.16. The van der Waals surface area contributed by atoms with Crippen molar-refractivity contribution in [1.29, 1.82) is 0 Å². The van der Waals surface area contributed by atoms with Gasteiger partial charge >= 0.3 is 0 Å². The predicted octanol–water partition coefficient (Wildman–Crippen LogP) is 2.30. The second-order valence-corrected chi connectivity index (χ2v) is 5.22. The number of anilines is 1. The van der Waals surface area contributed by atoms with Gasteiger partial charge in [0.25, 0.3) is 0 Å². The van der Waals surface area contributed by atoms with Crippen LogP contribution in [0.15, 0.2) is 24.5 Å². The first-order valence-corrected chi connectivity index (χ1v) is 7.05. The van der Waals surface area contributed by atoms with Crippen LogP contribution < -0.4 is 5.32 Å². The third-order valence-electron chi connectivity index (χ3n) is 3.42. The van der Waals surface area contributed by atoms with Crippen LogP contribution in [0.2, 0.25) is 5.02 Å². The predicted molar refractivity (Wildman–Crippen MR) is 76.2 cm³/mol. The van der Waals surface area contributed by atoms with Gasteiger partial charge in [0.1, 0.15) is 6.33 Å². The fourth-order valence-electron chi connectivity index (χ4n) is 2.32. The monoisotopic (exact) mass is 293 g/mol. The first kappa shape index (κ1) is 13.3. The topological polar surface area (TPSA) is 64.9 Å². The van der Waals surface area contributed by atoms with Gasteiger partial charge in [0, 0.05) is 12.6 Å². The zero-order valence-electron chi connectivity index (χ0n) is 11.2. The van der Waals surface area contributed by atoms with Gasteiger partial charge in [-0.1, -0.05) is 11.6 Å². The Morgan fingerprint density at radius 2 is 2.30 bits per heavy atom. The summed E-state index contributed by atoms with van der Waals surface area (Å²) in [4.78, 5) is 0. The van der Waals surface area contributed by atoms with E-state index in [1.54, 1.807) is 11.0 Å². The summed E-state index contributed by atoms with van der Waals surface area (Å²) in [7, 11) is 0. The van der Waals surface area contributed by atoms with E-state index >= 15 is 0 Å². The molecule has 7 heteroatoms.